The highest BCUT2D eigenvalue weighted by molar-refractivity contribution is 6.33. The van der Waals surface area contributed by atoms with Gasteiger partial charge in [-0.05, 0) is 12.5 Å². The van der Waals surface area contributed by atoms with E-state index in [9.17, 15) is 4.79 Å². The zero-order chi connectivity index (χ0) is 15.9. The molecule has 118 valence electrons. The van der Waals surface area contributed by atoms with Gasteiger partial charge in [-0.15, -0.1) is 0 Å². The van der Waals surface area contributed by atoms with Crippen molar-refractivity contribution in [2.24, 2.45) is 5.73 Å². The van der Waals surface area contributed by atoms with Crippen molar-refractivity contribution < 1.29 is 4.79 Å². The third-order valence-electron chi connectivity index (χ3n) is 3.55. The lowest BCUT2D eigenvalue weighted by molar-refractivity contribution is 0.0936. The molecule has 0 aliphatic carbocycles. The number of carbonyl (C=O) groups excluding carboxylic acids is 1. The van der Waals surface area contributed by atoms with Gasteiger partial charge in [-0.1, -0.05) is 49.6 Å². The topological polar surface area (TPSA) is 83.8 Å². The molecule has 5 nitrogen and oxygen atoms in total. The first-order valence-corrected chi connectivity index (χ1v) is 7.84. The predicted molar refractivity (Wildman–Crippen MR) is 88.9 cm³/mol. The monoisotopic (exact) mass is 320 g/mol. The van der Waals surface area contributed by atoms with Gasteiger partial charge in [0.25, 0.3) is 5.91 Å². The van der Waals surface area contributed by atoms with E-state index in [0.717, 1.165) is 24.8 Å². The molecule has 0 spiro atoms. The predicted octanol–water partition coefficient (Wildman–Crippen LogP) is 2.98. The zero-order valence-electron chi connectivity index (χ0n) is 12.6. The van der Waals surface area contributed by atoms with E-state index in [1.807, 2.05) is 18.2 Å². The van der Waals surface area contributed by atoms with Crippen LogP contribution in [0.25, 0.3) is 11.3 Å². The van der Waals surface area contributed by atoms with Crippen molar-refractivity contribution in [1.29, 1.82) is 0 Å². The smallest absolute Gasteiger partial charge is 0.255 e. The van der Waals surface area contributed by atoms with Crippen LogP contribution in [0.4, 0.5) is 0 Å². The molecule has 1 atom stereocenters. The number of nitrogens with one attached hydrogen (secondary N) is 2. The summed E-state index contributed by atoms with van der Waals surface area (Å²) in [6.45, 7) is 2.53. The minimum atomic E-state index is -0.185. The van der Waals surface area contributed by atoms with Gasteiger partial charge in [0.1, 0.15) is 0 Å². The summed E-state index contributed by atoms with van der Waals surface area (Å²) < 4.78 is 0. The van der Waals surface area contributed by atoms with E-state index in [-0.39, 0.29) is 11.9 Å². The van der Waals surface area contributed by atoms with Gasteiger partial charge >= 0.3 is 0 Å². The number of hydrogen-bond donors (Lipinski definition) is 3. The summed E-state index contributed by atoms with van der Waals surface area (Å²) in [5, 5.41) is 10.4. The van der Waals surface area contributed by atoms with E-state index in [0.29, 0.717) is 22.8 Å². The second kappa shape index (κ2) is 7.96. The molecule has 2 aromatic rings. The van der Waals surface area contributed by atoms with E-state index < -0.39 is 0 Å². The normalized spacial score (nSPS) is 12.1. The second-order valence-electron chi connectivity index (χ2n) is 5.19. The molecule has 0 bridgehead atoms. The molecular formula is C16H21ClN4O. The van der Waals surface area contributed by atoms with E-state index in [1.165, 1.54) is 6.20 Å². The Labute approximate surface area is 135 Å². The molecule has 1 aromatic heterocycles. The first kappa shape index (κ1) is 16.5. The molecule has 4 N–H and O–H groups in total. The van der Waals surface area contributed by atoms with Crippen molar-refractivity contribution in [3.63, 3.8) is 0 Å². The van der Waals surface area contributed by atoms with Crippen LogP contribution in [-0.2, 0) is 0 Å². The fourth-order valence-corrected chi connectivity index (χ4v) is 2.52. The lowest BCUT2D eigenvalue weighted by Gasteiger charge is -2.16. The van der Waals surface area contributed by atoms with Crippen LogP contribution in [0.2, 0.25) is 5.02 Å². The van der Waals surface area contributed by atoms with E-state index in [4.69, 9.17) is 17.3 Å². The molecule has 1 heterocycles. The maximum Gasteiger partial charge on any atom is 0.255 e. The minimum absolute atomic E-state index is 0.0264. The third kappa shape index (κ3) is 3.87. The van der Waals surface area contributed by atoms with Gasteiger partial charge in [0, 0.05) is 23.2 Å². The number of hydrogen-bond acceptors (Lipinski definition) is 3. The summed E-state index contributed by atoms with van der Waals surface area (Å²) in [5.41, 5.74) is 7.58. The maximum absolute atomic E-state index is 12.5. The van der Waals surface area contributed by atoms with Crippen LogP contribution in [0.15, 0.2) is 30.5 Å². The SMILES string of the molecule is CCCCC(CN)NC(=O)c1cn[nH]c1-c1ccccc1Cl. The summed E-state index contributed by atoms with van der Waals surface area (Å²) in [6.07, 6.45) is 4.49. The Balaban J connectivity index is 2.18. The highest BCUT2D eigenvalue weighted by Gasteiger charge is 2.19. The van der Waals surface area contributed by atoms with Crippen molar-refractivity contribution in [1.82, 2.24) is 15.5 Å². The quantitative estimate of drug-likeness (QED) is 0.733. The molecule has 0 fully saturated rings. The fraction of sp³-hybridized carbons (Fsp3) is 0.375. The van der Waals surface area contributed by atoms with Gasteiger partial charge in [0.2, 0.25) is 0 Å². The van der Waals surface area contributed by atoms with Gasteiger partial charge in [-0.3, -0.25) is 9.89 Å². The summed E-state index contributed by atoms with van der Waals surface area (Å²) in [5.74, 6) is -0.185. The molecule has 22 heavy (non-hydrogen) atoms. The third-order valence-corrected chi connectivity index (χ3v) is 3.88. The van der Waals surface area contributed by atoms with Crippen molar-refractivity contribution in [3.05, 3.63) is 41.0 Å². The minimum Gasteiger partial charge on any atom is -0.348 e. The average molecular weight is 321 g/mol. The number of nitrogens with two attached hydrogens (primary N) is 1. The van der Waals surface area contributed by atoms with Gasteiger partial charge in [0.15, 0.2) is 0 Å². The summed E-state index contributed by atoms with van der Waals surface area (Å²) in [6, 6.07) is 7.32. The Morgan fingerprint density at radius 2 is 2.23 bits per heavy atom. The zero-order valence-corrected chi connectivity index (χ0v) is 13.4. The molecule has 2 rings (SSSR count). The highest BCUT2D eigenvalue weighted by Crippen LogP contribution is 2.28. The summed E-state index contributed by atoms with van der Waals surface area (Å²) in [4.78, 5) is 12.5. The second-order valence-corrected chi connectivity index (χ2v) is 5.59. The number of amides is 1. The largest absolute Gasteiger partial charge is 0.348 e. The van der Waals surface area contributed by atoms with Crippen LogP contribution in [-0.4, -0.2) is 28.7 Å². The molecule has 1 aromatic carbocycles. The summed E-state index contributed by atoms with van der Waals surface area (Å²) in [7, 11) is 0. The lowest BCUT2D eigenvalue weighted by atomic mass is 10.1. The van der Waals surface area contributed by atoms with E-state index in [2.05, 4.69) is 22.4 Å². The number of aromatic amines is 1. The highest BCUT2D eigenvalue weighted by atomic mass is 35.5. The average Bonchev–Trinajstić information content (AvgIpc) is 3.01. The van der Waals surface area contributed by atoms with Crippen LogP contribution in [0, 0.1) is 0 Å². The van der Waals surface area contributed by atoms with Crippen molar-refractivity contribution >= 4 is 17.5 Å². The number of benzene rings is 1. The number of carbonyl (C=O) groups is 1. The number of nitrogens with zero attached hydrogens (tertiary/aromatic N) is 1. The molecule has 0 saturated heterocycles. The molecule has 0 saturated carbocycles. The van der Waals surface area contributed by atoms with Crippen LogP contribution >= 0.6 is 11.6 Å². The van der Waals surface area contributed by atoms with Gasteiger partial charge in [0.05, 0.1) is 17.5 Å². The molecule has 0 aliphatic rings. The standard InChI is InChI=1S/C16H21ClN4O/c1-2-3-6-11(9-18)20-16(22)13-10-19-21-15(13)12-7-4-5-8-14(12)17/h4-5,7-8,10-11H,2-3,6,9,18H2,1H3,(H,19,21)(H,20,22). The van der Waals surface area contributed by atoms with Crippen LogP contribution < -0.4 is 11.1 Å². The van der Waals surface area contributed by atoms with Crippen molar-refractivity contribution in [3.8, 4) is 11.3 Å². The Bertz CT molecular complexity index is 626. The van der Waals surface area contributed by atoms with Crippen LogP contribution in [0.3, 0.4) is 0 Å². The number of rotatable bonds is 7. The molecule has 0 aliphatic heterocycles. The van der Waals surface area contributed by atoms with E-state index in [1.54, 1.807) is 6.07 Å². The molecule has 6 heteroatoms. The summed E-state index contributed by atoms with van der Waals surface area (Å²) >= 11 is 6.19. The fourth-order valence-electron chi connectivity index (χ4n) is 2.29. The van der Waals surface area contributed by atoms with Gasteiger partial charge in [-0.25, -0.2) is 0 Å². The van der Waals surface area contributed by atoms with Crippen LogP contribution in [0.1, 0.15) is 36.5 Å². The molecular weight excluding hydrogens is 300 g/mol. The van der Waals surface area contributed by atoms with Crippen molar-refractivity contribution in [2.75, 3.05) is 6.54 Å². The van der Waals surface area contributed by atoms with E-state index >= 15 is 0 Å². The Morgan fingerprint density at radius 1 is 1.45 bits per heavy atom. The molecule has 1 unspecified atom stereocenters. The lowest BCUT2D eigenvalue weighted by Crippen LogP contribution is -2.40. The Morgan fingerprint density at radius 3 is 2.91 bits per heavy atom. The first-order chi connectivity index (χ1) is 10.7. The number of unbranched alkanes of at least 4 members (excludes halogenated alkanes) is 1. The molecule has 0 radical (unpaired) electrons. The van der Waals surface area contributed by atoms with Gasteiger partial charge in [-0.2, -0.15) is 5.10 Å². The first-order valence-electron chi connectivity index (χ1n) is 7.46. The van der Waals surface area contributed by atoms with Crippen LogP contribution in [0.5, 0.6) is 0 Å². The maximum atomic E-state index is 12.5. The Kier molecular flexibility index (Phi) is 5.98. The number of aromatic nitrogens is 2. The number of H-pyrrole nitrogens is 1. The Hall–Kier alpha value is -1.85. The van der Waals surface area contributed by atoms with Crippen molar-refractivity contribution in [2.45, 2.75) is 32.2 Å². The number of halogens is 1. The van der Waals surface area contributed by atoms with Gasteiger partial charge < -0.3 is 11.1 Å². The molecule has 1 amide bonds.